The van der Waals surface area contributed by atoms with Crippen LogP contribution in [0.3, 0.4) is 0 Å². The van der Waals surface area contributed by atoms with Crippen molar-refractivity contribution in [3.05, 3.63) is 34.9 Å². The summed E-state index contributed by atoms with van der Waals surface area (Å²) in [5.41, 5.74) is 2.86. The Hall–Kier alpha value is -0.870. The van der Waals surface area contributed by atoms with Crippen LogP contribution in [0.25, 0.3) is 0 Å². The van der Waals surface area contributed by atoms with Gasteiger partial charge in [-0.05, 0) is 19.4 Å². The number of aryl methyl sites for hydroxylation is 2. The first-order valence-corrected chi connectivity index (χ1v) is 5.66. The number of benzene rings is 1. The van der Waals surface area contributed by atoms with E-state index in [0.29, 0.717) is 0 Å². The smallest absolute Gasteiger partial charge is 0.213 e. The topological polar surface area (TPSA) is 60.2 Å². The van der Waals surface area contributed by atoms with E-state index in [9.17, 15) is 8.42 Å². The van der Waals surface area contributed by atoms with Gasteiger partial charge in [0.15, 0.2) is 0 Å². The van der Waals surface area contributed by atoms with Crippen molar-refractivity contribution < 1.29 is 8.42 Å². The highest BCUT2D eigenvalue weighted by molar-refractivity contribution is 7.88. The minimum Gasteiger partial charge on any atom is -0.228 e. The number of nitrogens with two attached hydrogens (primary N) is 1. The van der Waals surface area contributed by atoms with Crippen LogP contribution in [0.15, 0.2) is 18.2 Å². The van der Waals surface area contributed by atoms with Gasteiger partial charge in [-0.3, -0.25) is 0 Å². The number of sulfonamides is 1. The maximum atomic E-state index is 10.8. The van der Waals surface area contributed by atoms with Crippen LogP contribution < -0.4 is 5.14 Å². The van der Waals surface area contributed by atoms with Crippen LogP contribution in [0.1, 0.15) is 16.7 Å². The van der Waals surface area contributed by atoms with E-state index in [2.05, 4.69) is 0 Å². The van der Waals surface area contributed by atoms with Gasteiger partial charge in [0, 0.05) is 0 Å². The molecule has 0 fully saturated rings. The Morgan fingerprint density at radius 1 is 1.15 bits per heavy atom. The summed E-state index contributed by atoms with van der Waals surface area (Å²) in [6, 6.07) is 5.65. The molecule has 2 N–H and O–H groups in total. The summed E-state index contributed by atoms with van der Waals surface area (Å²) in [6.07, 6.45) is 0. The Balaban J connectivity index is 3.03. The van der Waals surface area contributed by atoms with E-state index in [1.165, 1.54) is 0 Å². The molecule has 0 saturated heterocycles. The lowest BCUT2D eigenvalue weighted by molar-refractivity contribution is 0.597. The van der Waals surface area contributed by atoms with Gasteiger partial charge in [0.2, 0.25) is 10.0 Å². The molecule has 4 heteroatoms. The molecule has 13 heavy (non-hydrogen) atoms. The Labute approximate surface area is 78.6 Å². The summed E-state index contributed by atoms with van der Waals surface area (Å²) in [6.45, 7) is 3.86. The number of hydrogen-bond acceptors (Lipinski definition) is 2. The molecule has 0 radical (unpaired) electrons. The van der Waals surface area contributed by atoms with Crippen LogP contribution >= 0.6 is 0 Å². The number of rotatable bonds is 2. The van der Waals surface area contributed by atoms with Crippen LogP contribution in [-0.4, -0.2) is 8.42 Å². The van der Waals surface area contributed by atoms with Crippen LogP contribution in [-0.2, 0) is 15.8 Å². The molecule has 0 amide bonds. The summed E-state index contributed by atoms with van der Waals surface area (Å²) in [5.74, 6) is -0.0878. The highest BCUT2D eigenvalue weighted by Gasteiger charge is 2.05. The predicted molar refractivity (Wildman–Crippen MR) is 52.7 cm³/mol. The van der Waals surface area contributed by atoms with E-state index in [4.69, 9.17) is 5.14 Å². The third kappa shape index (κ3) is 3.57. The lowest BCUT2D eigenvalue weighted by Crippen LogP contribution is -2.14. The van der Waals surface area contributed by atoms with Crippen molar-refractivity contribution in [2.45, 2.75) is 19.6 Å². The van der Waals surface area contributed by atoms with Gasteiger partial charge in [0.1, 0.15) is 0 Å². The van der Waals surface area contributed by atoms with E-state index >= 15 is 0 Å². The van der Waals surface area contributed by atoms with Gasteiger partial charge in [-0.1, -0.05) is 29.3 Å². The lowest BCUT2D eigenvalue weighted by Gasteiger charge is -2.02. The molecule has 0 unspecified atom stereocenters. The van der Waals surface area contributed by atoms with Crippen molar-refractivity contribution in [2.75, 3.05) is 0 Å². The van der Waals surface area contributed by atoms with Crippen molar-refractivity contribution in [2.24, 2.45) is 5.14 Å². The standard InChI is InChI=1S/C9H13NO2S/c1-7-3-8(2)5-9(4-7)6-13(10,11)12/h3-5H,6H2,1-2H3,(H2,10,11,12). The molecular weight excluding hydrogens is 186 g/mol. The molecule has 0 aliphatic carbocycles. The zero-order valence-electron chi connectivity index (χ0n) is 7.74. The van der Waals surface area contributed by atoms with Crippen LogP contribution in [0, 0.1) is 13.8 Å². The average Bonchev–Trinajstić information content (AvgIpc) is 1.78. The molecule has 0 aliphatic heterocycles. The van der Waals surface area contributed by atoms with Crippen LogP contribution in [0.4, 0.5) is 0 Å². The van der Waals surface area contributed by atoms with Crippen molar-refractivity contribution in [1.82, 2.24) is 0 Å². The first kappa shape index (κ1) is 10.2. The van der Waals surface area contributed by atoms with E-state index < -0.39 is 10.0 Å². The molecule has 0 aliphatic rings. The fourth-order valence-corrected chi connectivity index (χ4v) is 2.02. The van der Waals surface area contributed by atoms with Crippen molar-refractivity contribution in [1.29, 1.82) is 0 Å². The van der Waals surface area contributed by atoms with E-state index in [0.717, 1.165) is 16.7 Å². The largest absolute Gasteiger partial charge is 0.228 e. The molecular formula is C9H13NO2S. The third-order valence-corrected chi connectivity index (χ3v) is 2.39. The highest BCUT2D eigenvalue weighted by atomic mass is 32.2. The Kier molecular flexibility index (Phi) is 2.73. The normalized spacial score (nSPS) is 11.6. The maximum absolute atomic E-state index is 10.8. The van der Waals surface area contributed by atoms with Gasteiger partial charge in [0.25, 0.3) is 0 Å². The Bertz CT molecular complexity index is 389. The monoisotopic (exact) mass is 199 g/mol. The fraction of sp³-hybridized carbons (Fsp3) is 0.333. The molecule has 0 spiro atoms. The molecule has 0 aromatic heterocycles. The molecule has 0 saturated carbocycles. The van der Waals surface area contributed by atoms with E-state index in [1.54, 1.807) is 0 Å². The fourth-order valence-electron chi connectivity index (χ4n) is 1.38. The van der Waals surface area contributed by atoms with E-state index in [-0.39, 0.29) is 5.75 Å². The zero-order valence-corrected chi connectivity index (χ0v) is 8.56. The van der Waals surface area contributed by atoms with Gasteiger partial charge in [0.05, 0.1) is 5.75 Å². The third-order valence-electron chi connectivity index (χ3n) is 1.65. The Morgan fingerprint density at radius 2 is 1.62 bits per heavy atom. The van der Waals surface area contributed by atoms with Crippen LogP contribution in [0.2, 0.25) is 0 Å². The molecule has 1 rings (SSSR count). The predicted octanol–water partition coefficient (Wildman–Crippen LogP) is 1.09. The van der Waals surface area contributed by atoms with Crippen LogP contribution in [0.5, 0.6) is 0 Å². The van der Waals surface area contributed by atoms with Gasteiger partial charge >= 0.3 is 0 Å². The SMILES string of the molecule is Cc1cc(C)cc(CS(N)(=O)=O)c1. The summed E-state index contributed by atoms with van der Waals surface area (Å²) < 4.78 is 21.6. The van der Waals surface area contributed by atoms with Crippen molar-refractivity contribution in [3.8, 4) is 0 Å². The number of primary sulfonamides is 1. The second-order valence-corrected chi connectivity index (χ2v) is 4.92. The summed E-state index contributed by atoms with van der Waals surface area (Å²) in [7, 11) is -3.41. The number of hydrogen-bond donors (Lipinski definition) is 1. The minimum absolute atomic E-state index is 0.0878. The summed E-state index contributed by atoms with van der Waals surface area (Å²) in [4.78, 5) is 0. The first-order chi connectivity index (χ1) is 5.87. The molecule has 1 aromatic carbocycles. The molecule has 72 valence electrons. The molecule has 0 bridgehead atoms. The summed E-state index contributed by atoms with van der Waals surface area (Å²) in [5, 5.41) is 4.94. The van der Waals surface area contributed by atoms with Gasteiger partial charge in [-0.2, -0.15) is 0 Å². The van der Waals surface area contributed by atoms with Crippen molar-refractivity contribution >= 4 is 10.0 Å². The van der Waals surface area contributed by atoms with Gasteiger partial charge < -0.3 is 0 Å². The average molecular weight is 199 g/mol. The second kappa shape index (κ2) is 3.47. The first-order valence-electron chi connectivity index (χ1n) is 3.94. The lowest BCUT2D eigenvalue weighted by atomic mass is 10.1. The second-order valence-electron chi connectivity index (χ2n) is 3.30. The molecule has 0 atom stereocenters. The molecule has 1 aromatic rings. The van der Waals surface area contributed by atoms with Crippen molar-refractivity contribution in [3.63, 3.8) is 0 Å². The Morgan fingerprint density at radius 3 is 2.00 bits per heavy atom. The maximum Gasteiger partial charge on any atom is 0.213 e. The van der Waals surface area contributed by atoms with E-state index in [1.807, 2.05) is 32.0 Å². The molecule has 0 heterocycles. The molecule has 3 nitrogen and oxygen atoms in total. The summed E-state index contributed by atoms with van der Waals surface area (Å²) >= 11 is 0. The minimum atomic E-state index is -3.41. The van der Waals surface area contributed by atoms with Gasteiger partial charge in [-0.15, -0.1) is 0 Å². The zero-order chi connectivity index (χ0) is 10.1. The highest BCUT2D eigenvalue weighted by Crippen LogP contribution is 2.10. The van der Waals surface area contributed by atoms with Gasteiger partial charge in [-0.25, -0.2) is 13.6 Å². The quantitative estimate of drug-likeness (QED) is 0.775.